The molecule has 1 aromatic carbocycles. The molecule has 3 rings (SSSR count). The molecule has 1 saturated heterocycles. The lowest BCUT2D eigenvalue weighted by molar-refractivity contribution is 0.0991. The van der Waals surface area contributed by atoms with Gasteiger partial charge in [0.15, 0.2) is 0 Å². The molecule has 24 heavy (non-hydrogen) atoms. The van der Waals surface area contributed by atoms with E-state index in [1.807, 2.05) is 12.1 Å². The zero-order valence-corrected chi connectivity index (χ0v) is 14.7. The van der Waals surface area contributed by atoms with Crippen LogP contribution >= 0.6 is 0 Å². The van der Waals surface area contributed by atoms with E-state index in [1.54, 1.807) is 10.9 Å². The molecule has 1 aliphatic rings. The Morgan fingerprint density at radius 2 is 2.29 bits per heavy atom. The molecule has 2 aromatic rings. The van der Waals surface area contributed by atoms with E-state index in [4.69, 9.17) is 4.74 Å². The number of nitrogens with zero attached hydrogens (tertiary/aromatic N) is 3. The van der Waals surface area contributed by atoms with E-state index in [1.165, 1.54) is 0 Å². The second-order valence-electron chi connectivity index (χ2n) is 6.79. The molecule has 6 heteroatoms. The summed E-state index contributed by atoms with van der Waals surface area (Å²) in [5.74, 6) is 0.569. The van der Waals surface area contributed by atoms with E-state index in [0.29, 0.717) is 25.1 Å². The van der Waals surface area contributed by atoms with Crippen LogP contribution in [-0.2, 0) is 4.74 Å². The fourth-order valence-corrected chi connectivity index (χ4v) is 3.06. The maximum atomic E-state index is 12.4. The molecule has 1 atom stereocenters. The van der Waals surface area contributed by atoms with Crippen LogP contribution in [0.5, 0.6) is 0 Å². The lowest BCUT2D eigenvalue weighted by Crippen LogP contribution is -2.43. The Bertz CT molecular complexity index is 710. The van der Waals surface area contributed by atoms with Gasteiger partial charge in [0.25, 0.3) is 0 Å². The molecule has 0 spiro atoms. The number of carbonyl (C=O) groups is 1. The van der Waals surface area contributed by atoms with Crippen LogP contribution in [0, 0.1) is 5.92 Å². The van der Waals surface area contributed by atoms with Crippen LogP contribution in [0.25, 0.3) is 11.0 Å². The Morgan fingerprint density at radius 3 is 3.04 bits per heavy atom. The van der Waals surface area contributed by atoms with Crippen molar-refractivity contribution in [1.29, 1.82) is 0 Å². The third-order valence-corrected chi connectivity index (χ3v) is 4.45. The van der Waals surface area contributed by atoms with E-state index in [2.05, 4.69) is 42.0 Å². The number of hydrogen-bond donors (Lipinski definition) is 1. The quantitative estimate of drug-likeness (QED) is 0.936. The summed E-state index contributed by atoms with van der Waals surface area (Å²) in [6.45, 7) is 9.39. The number of rotatable bonds is 4. The molecule has 2 heterocycles. The first kappa shape index (κ1) is 16.8. The topological polar surface area (TPSA) is 59.4 Å². The number of morpholine rings is 1. The van der Waals surface area contributed by atoms with Crippen LogP contribution in [0.4, 0.5) is 10.5 Å². The Balaban J connectivity index is 1.85. The molecule has 1 amide bonds. The van der Waals surface area contributed by atoms with Crippen molar-refractivity contribution >= 4 is 22.8 Å². The van der Waals surface area contributed by atoms with Gasteiger partial charge in [0.2, 0.25) is 0 Å². The van der Waals surface area contributed by atoms with Crippen LogP contribution in [0.2, 0.25) is 0 Å². The smallest absolute Gasteiger partial charge is 0.327 e. The first-order chi connectivity index (χ1) is 11.6. The number of para-hydroxylation sites is 1. The van der Waals surface area contributed by atoms with Gasteiger partial charge in [0.1, 0.15) is 11.8 Å². The van der Waals surface area contributed by atoms with Crippen molar-refractivity contribution < 1.29 is 9.53 Å². The van der Waals surface area contributed by atoms with Crippen molar-refractivity contribution in [2.24, 2.45) is 5.92 Å². The summed E-state index contributed by atoms with van der Waals surface area (Å²) in [6, 6.07) is 6.18. The standard InChI is InChI=1S/C18H26N4O2/c1-13(2)7-8-19-18(23)22-12-20-17-15(5-4-6-16(17)22)21-9-10-24-11-14(21)3/h4-6,12-14H,7-11H2,1-3H3,(H,19,23). The number of hydrogen-bond acceptors (Lipinski definition) is 4. The average Bonchev–Trinajstić information content (AvgIpc) is 2.99. The normalized spacial score (nSPS) is 18.3. The van der Waals surface area contributed by atoms with Gasteiger partial charge in [-0.3, -0.25) is 4.57 Å². The lowest BCUT2D eigenvalue weighted by Gasteiger charge is -2.35. The first-order valence-corrected chi connectivity index (χ1v) is 8.66. The summed E-state index contributed by atoms with van der Waals surface area (Å²) in [7, 11) is 0. The van der Waals surface area contributed by atoms with E-state index < -0.39 is 0 Å². The predicted octanol–water partition coefficient (Wildman–Crippen LogP) is 2.87. The number of anilines is 1. The maximum absolute atomic E-state index is 12.4. The van der Waals surface area contributed by atoms with Crippen molar-refractivity contribution in [3.63, 3.8) is 0 Å². The fourth-order valence-electron chi connectivity index (χ4n) is 3.06. The van der Waals surface area contributed by atoms with Crippen molar-refractivity contribution in [3.05, 3.63) is 24.5 Å². The molecule has 1 aliphatic heterocycles. The van der Waals surface area contributed by atoms with Gasteiger partial charge in [-0.1, -0.05) is 19.9 Å². The molecule has 0 saturated carbocycles. The third kappa shape index (κ3) is 3.38. The van der Waals surface area contributed by atoms with Gasteiger partial charge in [-0.25, -0.2) is 9.78 Å². The summed E-state index contributed by atoms with van der Waals surface area (Å²) in [5, 5.41) is 2.97. The Kier molecular flexibility index (Phi) is 5.04. The number of amides is 1. The number of benzene rings is 1. The van der Waals surface area contributed by atoms with Gasteiger partial charge in [-0.15, -0.1) is 0 Å². The molecule has 130 valence electrons. The van der Waals surface area contributed by atoms with Crippen molar-refractivity contribution in [2.45, 2.75) is 33.2 Å². The molecular formula is C18H26N4O2. The minimum Gasteiger partial charge on any atom is -0.377 e. The molecule has 0 radical (unpaired) electrons. The molecule has 0 aliphatic carbocycles. The molecular weight excluding hydrogens is 304 g/mol. The molecule has 6 nitrogen and oxygen atoms in total. The number of imidazole rings is 1. The van der Waals surface area contributed by atoms with Gasteiger partial charge in [0.05, 0.1) is 24.4 Å². The highest BCUT2D eigenvalue weighted by molar-refractivity contribution is 5.95. The number of fused-ring (bicyclic) bond motifs is 1. The van der Waals surface area contributed by atoms with E-state index in [-0.39, 0.29) is 6.03 Å². The maximum Gasteiger partial charge on any atom is 0.327 e. The van der Waals surface area contributed by atoms with Crippen molar-refractivity contribution in [2.75, 3.05) is 31.2 Å². The van der Waals surface area contributed by atoms with Crippen LogP contribution in [0.1, 0.15) is 27.2 Å². The molecule has 1 unspecified atom stereocenters. The Labute approximate surface area is 142 Å². The van der Waals surface area contributed by atoms with Gasteiger partial charge in [-0.2, -0.15) is 0 Å². The SMILES string of the molecule is CC(C)CCNC(=O)n1cnc2c(N3CCOCC3C)cccc21. The minimum absolute atomic E-state index is 0.120. The highest BCUT2D eigenvalue weighted by atomic mass is 16.5. The number of carbonyl (C=O) groups excluding carboxylic acids is 1. The van der Waals surface area contributed by atoms with E-state index in [0.717, 1.165) is 36.3 Å². The van der Waals surface area contributed by atoms with Gasteiger partial charge in [-0.05, 0) is 31.4 Å². The van der Waals surface area contributed by atoms with Gasteiger partial charge in [0, 0.05) is 19.1 Å². The molecule has 1 N–H and O–H groups in total. The van der Waals surface area contributed by atoms with Crippen molar-refractivity contribution in [1.82, 2.24) is 14.9 Å². The van der Waals surface area contributed by atoms with Crippen molar-refractivity contribution in [3.8, 4) is 0 Å². The van der Waals surface area contributed by atoms with E-state index >= 15 is 0 Å². The Morgan fingerprint density at radius 1 is 1.46 bits per heavy atom. The Hall–Kier alpha value is -2.08. The van der Waals surface area contributed by atoms with Gasteiger partial charge < -0.3 is 15.0 Å². The monoisotopic (exact) mass is 330 g/mol. The van der Waals surface area contributed by atoms with Gasteiger partial charge >= 0.3 is 6.03 Å². The largest absolute Gasteiger partial charge is 0.377 e. The first-order valence-electron chi connectivity index (χ1n) is 8.66. The lowest BCUT2D eigenvalue weighted by atomic mass is 10.1. The summed E-state index contributed by atoms with van der Waals surface area (Å²) < 4.78 is 7.12. The molecule has 1 aromatic heterocycles. The second kappa shape index (κ2) is 7.21. The summed E-state index contributed by atoms with van der Waals surface area (Å²) in [5.41, 5.74) is 2.77. The highest BCUT2D eigenvalue weighted by Gasteiger charge is 2.22. The summed E-state index contributed by atoms with van der Waals surface area (Å²) in [6.07, 6.45) is 2.58. The second-order valence-corrected chi connectivity index (χ2v) is 6.79. The predicted molar refractivity (Wildman–Crippen MR) is 95.6 cm³/mol. The van der Waals surface area contributed by atoms with Crippen LogP contribution < -0.4 is 10.2 Å². The fraction of sp³-hybridized carbons (Fsp3) is 0.556. The zero-order chi connectivity index (χ0) is 17.1. The zero-order valence-electron chi connectivity index (χ0n) is 14.7. The molecule has 0 bridgehead atoms. The average molecular weight is 330 g/mol. The summed E-state index contributed by atoms with van der Waals surface area (Å²) in [4.78, 5) is 19.2. The van der Waals surface area contributed by atoms with Crippen LogP contribution in [0.3, 0.4) is 0 Å². The molecule has 1 fully saturated rings. The number of aromatic nitrogens is 2. The summed E-state index contributed by atoms with van der Waals surface area (Å²) >= 11 is 0. The third-order valence-electron chi connectivity index (χ3n) is 4.45. The number of ether oxygens (including phenoxy) is 1. The minimum atomic E-state index is -0.120. The van der Waals surface area contributed by atoms with E-state index in [9.17, 15) is 4.79 Å². The van der Waals surface area contributed by atoms with Crippen LogP contribution in [0.15, 0.2) is 24.5 Å². The van der Waals surface area contributed by atoms with Crippen LogP contribution in [-0.4, -0.2) is 47.9 Å². The number of nitrogens with one attached hydrogen (secondary N) is 1. The highest BCUT2D eigenvalue weighted by Crippen LogP contribution is 2.28.